The zero-order valence-corrected chi connectivity index (χ0v) is 9.19. The molecule has 0 rings (SSSR count). The lowest BCUT2D eigenvalue weighted by Crippen LogP contribution is -1.60. The molecule has 0 spiro atoms. The van der Waals surface area contributed by atoms with Gasteiger partial charge in [0.2, 0.25) is 0 Å². The van der Waals surface area contributed by atoms with Crippen LogP contribution in [0.5, 0.6) is 0 Å². The van der Waals surface area contributed by atoms with Crippen molar-refractivity contribution in [2.24, 2.45) is 0 Å². The Hall–Kier alpha value is 1.26. The number of halogens is 2. The van der Waals surface area contributed by atoms with Crippen LogP contribution >= 0.6 is 41.4 Å². The third-order valence-corrected chi connectivity index (χ3v) is 0. The smallest absolute Gasteiger partial charge is 0.205 e. The molecule has 0 saturated carbocycles. The van der Waals surface area contributed by atoms with Crippen LogP contribution in [-0.4, -0.2) is 20.9 Å². The SMILES string of the molecule is CSC.O=S(=O)(Br)Br. The first-order chi connectivity index (χ1) is 3.41. The van der Waals surface area contributed by atoms with Crippen LogP contribution in [0, 0.1) is 0 Å². The van der Waals surface area contributed by atoms with Gasteiger partial charge in [-0.3, -0.25) is 0 Å². The molecule has 0 bridgehead atoms. The summed E-state index contributed by atoms with van der Waals surface area (Å²) in [6.07, 6.45) is 4.08. The summed E-state index contributed by atoms with van der Waals surface area (Å²) in [4.78, 5) is 0. The van der Waals surface area contributed by atoms with Gasteiger partial charge in [-0.25, -0.2) is 8.42 Å². The normalized spacial score (nSPS) is 9.50. The molecule has 0 amide bonds. The molecule has 0 aromatic rings. The van der Waals surface area contributed by atoms with E-state index in [4.69, 9.17) is 0 Å². The largest absolute Gasteiger partial charge is 0.268 e. The maximum atomic E-state index is 9.47. The van der Waals surface area contributed by atoms with Gasteiger partial charge >= 0.3 is 0 Å². The molecule has 0 aromatic carbocycles. The van der Waals surface area contributed by atoms with E-state index in [1.165, 1.54) is 0 Å². The predicted octanol–water partition coefficient (Wildman–Crippen LogP) is 2.00. The molecule has 6 heteroatoms. The van der Waals surface area contributed by atoms with Gasteiger partial charge < -0.3 is 0 Å². The number of hydrogen-bond donors (Lipinski definition) is 0. The quantitative estimate of drug-likeness (QED) is 0.639. The highest BCUT2D eigenvalue weighted by Gasteiger charge is 1.87. The topological polar surface area (TPSA) is 34.1 Å². The lowest BCUT2D eigenvalue weighted by Gasteiger charge is -1.62. The Labute approximate surface area is 68.7 Å². The van der Waals surface area contributed by atoms with Crippen LogP contribution in [0.4, 0.5) is 0 Å². The highest BCUT2D eigenvalue weighted by atomic mass is 79.9. The van der Waals surface area contributed by atoms with Gasteiger partial charge in [-0.2, -0.15) is 11.8 Å². The number of rotatable bonds is 0. The van der Waals surface area contributed by atoms with Crippen LogP contribution in [-0.2, 0) is 6.70 Å². The van der Waals surface area contributed by atoms with Gasteiger partial charge in [0.1, 0.15) is 0 Å². The van der Waals surface area contributed by atoms with Gasteiger partial charge in [-0.05, 0) is 12.5 Å². The predicted molar refractivity (Wildman–Crippen MR) is 46.2 cm³/mol. The Kier molecular flexibility index (Phi) is 9.56. The Morgan fingerprint density at radius 3 is 1.25 bits per heavy atom. The Morgan fingerprint density at radius 2 is 1.25 bits per heavy atom. The second kappa shape index (κ2) is 6.38. The average Bonchev–Trinajstić information content (AvgIpc) is 1.27. The van der Waals surface area contributed by atoms with Crippen LogP contribution in [0.15, 0.2) is 0 Å². The van der Waals surface area contributed by atoms with Crippen molar-refractivity contribution >= 4 is 48.1 Å². The summed E-state index contributed by atoms with van der Waals surface area (Å²) in [5.41, 5.74) is 0. The third kappa shape index (κ3) is 179. The van der Waals surface area contributed by atoms with E-state index in [1.54, 1.807) is 11.8 Å². The molecule has 8 heavy (non-hydrogen) atoms. The van der Waals surface area contributed by atoms with E-state index >= 15 is 0 Å². The van der Waals surface area contributed by atoms with Crippen molar-refractivity contribution in [1.82, 2.24) is 0 Å². The third-order valence-electron chi connectivity index (χ3n) is 0. The lowest BCUT2D eigenvalue weighted by molar-refractivity contribution is 0.625. The van der Waals surface area contributed by atoms with Gasteiger partial charge in [0.25, 0.3) is 6.70 Å². The summed E-state index contributed by atoms with van der Waals surface area (Å²) in [6, 6.07) is 0. The summed E-state index contributed by atoms with van der Waals surface area (Å²) in [6.45, 7) is -3.04. The zero-order valence-electron chi connectivity index (χ0n) is 4.39. The molecule has 0 heterocycles. The van der Waals surface area contributed by atoms with Gasteiger partial charge in [-0.1, -0.05) is 0 Å². The number of thioether (sulfide) groups is 1. The van der Waals surface area contributed by atoms with E-state index < -0.39 is 6.70 Å². The van der Waals surface area contributed by atoms with Crippen LogP contribution < -0.4 is 0 Å². The van der Waals surface area contributed by atoms with Crippen molar-refractivity contribution in [3.05, 3.63) is 0 Å². The minimum Gasteiger partial charge on any atom is -0.205 e. The molecular formula is C2H6Br2O2S2. The fourth-order valence-corrected chi connectivity index (χ4v) is 0. The van der Waals surface area contributed by atoms with Crippen LogP contribution in [0.3, 0.4) is 0 Å². The minimum absolute atomic E-state index is 1.75. The van der Waals surface area contributed by atoms with Crippen LogP contribution in [0.1, 0.15) is 0 Å². The van der Waals surface area contributed by atoms with Crippen LogP contribution in [0.25, 0.3) is 0 Å². The molecule has 0 aliphatic rings. The summed E-state index contributed by atoms with van der Waals surface area (Å²) < 4.78 is 18.9. The Bertz CT molecular complexity index is 110. The molecule has 0 radical (unpaired) electrons. The first-order valence-electron chi connectivity index (χ1n) is 1.46. The van der Waals surface area contributed by atoms with E-state index in [9.17, 15) is 8.42 Å². The summed E-state index contributed by atoms with van der Waals surface area (Å²) >= 11 is 6.28. The van der Waals surface area contributed by atoms with E-state index in [1.807, 2.05) is 12.5 Å². The van der Waals surface area contributed by atoms with Crippen molar-refractivity contribution in [3.63, 3.8) is 0 Å². The summed E-state index contributed by atoms with van der Waals surface area (Å²) in [7, 11) is 0. The molecule has 0 unspecified atom stereocenters. The van der Waals surface area contributed by atoms with Crippen LogP contribution in [0.2, 0.25) is 0 Å². The summed E-state index contributed by atoms with van der Waals surface area (Å²) in [5, 5.41) is 0. The van der Waals surface area contributed by atoms with E-state index in [2.05, 4.69) is 29.6 Å². The van der Waals surface area contributed by atoms with Gasteiger partial charge in [0.15, 0.2) is 0 Å². The Balaban J connectivity index is 0. The van der Waals surface area contributed by atoms with Gasteiger partial charge in [0.05, 0.1) is 29.6 Å². The minimum atomic E-state index is -3.04. The lowest BCUT2D eigenvalue weighted by atomic mass is 11.9. The molecule has 0 atom stereocenters. The fraction of sp³-hybridized carbons (Fsp3) is 1.00. The average molecular weight is 286 g/mol. The van der Waals surface area contributed by atoms with Crippen molar-refractivity contribution in [3.8, 4) is 0 Å². The van der Waals surface area contributed by atoms with Crippen molar-refractivity contribution in [2.75, 3.05) is 12.5 Å². The standard InChI is InChI=1S/C2H6S.Br2O2S/c1-3-2;1-5(2,3)4/h1-2H3;. The molecule has 0 aliphatic carbocycles. The molecule has 0 aliphatic heterocycles. The molecule has 0 aromatic heterocycles. The number of hydrogen-bond acceptors (Lipinski definition) is 3. The van der Waals surface area contributed by atoms with Crippen molar-refractivity contribution in [2.45, 2.75) is 0 Å². The second-order valence-corrected chi connectivity index (χ2v) is 10.1. The first kappa shape index (κ1) is 12.0. The first-order valence-corrected chi connectivity index (χ1v) is 8.26. The van der Waals surface area contributed by atoms with E-state index in [0.717, 1.165) is 0 Å². The maximum absolute atomic E-state index is 9.47. The van der Waals surface area contributed by atoms with Crippen molar-refractivity contribution < 1.29 is 8.42 Å². The second-order valence-electron chi connectivity index (χ2n) is 0.787. The zero-order chi connectivity index (χ0) is 7.21. The van der Waals surface area contributed by atoms with Gasteiger partial charge in [-0.15, -0.1) is 0 Å². The fourth-order valence-electron chi connectivity index (χ4n) is 0. The highest BCUT2D eigenvalue weighted by molar-refractivity contribution is 9.79. The summed E-state index contributed by atoms with van der Waals surface area (Å²) in [5.74, 6) is 0. The van der Waals surface area contributed by atoms with Crippen molar-refractivity contribution in [1.29, 1.82) is 0 Å². The molecular weight excluding hydrogens is 280 g/mol. The van der Waals surface area contributed by atoms with E-state index in [-0.39, 0.29) is 0 Å². The monoisotopic (exact) mass is 284 g/mol. The molecule has 2 nitrogen and oxygen atoms in total. The molecule has 52 valence electrons. The molecule has 0 fully saturated rings. The maximum Gasteiger partial charge on any atom is 0.268 e. The highest BCUT2D eigenvalue weighted by Crippen LogP contribution is 2.06. The van der Waals surface area contributed by atoms with E-state index in [0.29, 0.717) is 0 Å². The Morgan fingerprint density at radius 1 is 1.25 bits per heavy atom. The molecule has 0 saturated heterocycles. The van der Waals surface area contributed by atoms with Gasteiger partial charge in [0, 0.05) is 0 Å². The molecule has 0 N–H and O–H groups in total.